The Labute approximate surface area is 120 Å². The average Bonchev–Trinajstić information content (AvgIpc) is 2.80. The molecule has 3 rings (SSSR count). The van der Waals surface area contributed by atoms with E-state index < -0.39 is 9.05 Å². The van der Waals surface area contributed by atoms with E-state index in [0.717, 1.165) is 11.3 Å². The molecule has 1 aromatic carbocycles. The van der Waals surface area contributed by atoms with Gasteiger partial charge in [-0.15, -0.1) is 10.2 Å². The highest BCUT2D eigenvalue weighted by Gasteiger charge is 2.29. The Hall–Kier alpha value is -1.60. The summed E-state index contributed by atoms with van der Waals surface area (Å²) in [7, 11) is 3.04. The van der Waals surface area contributed by atoms with Gasteiger partial charge < -0.3 is 9.30 Å². The molecule has 0 amide bonds. The van der Waals surface area contributed by atoms with Gasteiger partial charge in [0.05, 0.1) is 12.5 Å². The third-order valence-corrected chi connectivity index (χ3v) is 4.56. The summed E-state index contributed by atoms with van der Waals surface area (Å²) >= 11 is 0. The maximum absolute atomic E-state index is 11.4. The van der Waals surface area contributed by atoms with Crippen LogP contribution in [0.25, 0.3) is 0 Å². The van der Waals surface area contributed by atoms with Crippen LogP contribution >= 0.6 is 10.7 Å². The zero-order valence-corrected chi connectivity index (χ0v) is 12.2. The molecule has 0 saturated heterocycles. The molecule has 0 aliphatic carbocycles. The average molecular weight is 314 g/mol. The van der Waals surface area contributed by atoms with Crippen LogP contribution in [0.4, 0.5) is 0 Å². The largest absolute Gasteiger partial charge is 0.493 e. The number of nitrogens with zero attached hydrogens (tertiary/aromatic N) is 3. The Kier molecular flexibility index (Phi) is 3.18. The zero-order chi connectivity index (χ0) is 14.3. The number of hydrogen-bond acceptors (Lipinski definition) is 5. The smallest absolute Gasteiger partial charge is 0.296 e. The van der Waals surface area contributed by atoms with Gasteiger partial charge in [-0.3, -0.25) is 0 Å². The number of aromatic nitrogens is 3. The minimum Gasteiger partial charge on any atom is -0.493 e. The summed E-state index contributed by atoms with van der Waals surface area (Å²) in [6, 6.07) is 7.64. The second-order valence-corrected chi connectivity index (χ2v) is 7.02. The van der Waals surface area contributed by atoms with Gasteiger partial charge in [0, 0.05) is 23.3 Å². The third kappa shape index (κ3) is 2.16. The lowest BCUT2D eigenvalue weighted by Gasteiger charge is -2.25. The molecule has 106 valence electrons. The molecule has 1 aliphatic rings. The van der Waals surface area contributed by atoms with E-state index in [2.05, 4.69) is 10.2 Å². The summed E-state index contributed by atoms with van der Waals surface area (Å²) in [4.78, 5) is 0. The maximum Gasteiger partial charge on any atom is 0.296 e. The first-order valence-corrected chi connectivity index (χ1v) is 8.35. The molecule has 1 aliphatic heterocycles. The van der Waals surface area contributed by atoms with Gasteiger partial charge in [0.1, 0.15) is 11.6 Å². The Balaban J connectivity index is 2.10. The minimum absolute atomic E-state index is 0.0513. The molecular weight excluding hydrogens is 302 g/mol. The number of rotatable bonds is 2. The number of ether oxygens (including phenoxy) is 1. The number of fused-ring (bicyclic) bond motifs is 1. The van der Waals surface area contributed by atoms with Crippen LogP contribution in [0.5, 0.6) is 5.75 Å². The summed E-state index contributed by atoms with van der Waals surface area (Å²) in [6.45, 7) is 0.553. The molecule has 1 unspecified atom stereocenters. The molecule has 2 heterocycles. The lowest BCUT2D eigenvalue weighted by Crippen LogP contribution is -2.18. The van der Waals surface area contributed by atoms with E-state index in [1.54, 1.807) is 7.05 Å². The van der Waals surface area contributed by atoms with E-state index in [9.17, 15) is 8.42 Å². The van der Waals surface area contributed by atoms with Gasteiger partial charge in [-0.2, -0.15) is 0 Å². The molecule has 0 radical (unpaired) electrons. The van der Waals surface area contributed by atoms with Gasteiger partial charge in [-0.05, 0) is 12.5 Å². The number of hydrogen-bond donors (Lipinski definition) is 0. The van der Waals surface area contributed by atoms with Crippen LogP contribution < -0.4 is 4.74 Å². The van der Waals surface area contributed by atoms with Crippen molar-refractivity contribution in [1.29, 1.82) is 0 Å². The van der Waals surface area contributed by atoms with Crippen LogP contribution in [0.2, 0.25) is 0 Å². The molecule has 6 nitrogen and oxygen atoms in total. The first-order valence-electron chi connectivity index (χ1n) is 6.04. The van der Waals surface area contributed by atoms with E-state index in [1.807, 2.05) is 24.3 Å². The van der Waals surface area contributed by atoms with Crippen LogP contribution in [0.3, 0.4) is 0 Å². The van der Waals surface area contributed by atoms with E-state index >= 15 is 0 Å². The fraction of sp³-hybridized carbons (Fsp3) is 0.333. The summed E-state index contributed by atoms with van der Waals surface area (Å²) in [6.07, 6.45) is 0.714. The lowest BCUT2D eigenvalue weighted by atomic mass is 9.92. The van der Waals surface area contributed by atoms with Crippen molar-refractivity contribution in [2.75, 3.05) is 6.61 Å². The van der Waals surface area contributed by atoms with Crippen molar-refractivity contribution in [2.45, 2.75) is 17.5 Å². The standard InChI is InChI=1S/C12H12ClN3O3S/c1-16-11(14-15-12(16)20(13,17)18)9-6-7-19-10-5-3-2-4-8(9)10/h2-5,9H,6-7H2,1H3. The Morgan fingerprint density at radius 1 is 1.35 bits per heavy atom. The van der Waals surface area contributed by atoms with Crippen molar-refractivity contribution in [1.82, 2.24) is 14.8 Å². The monoisotopic (exact) mass is 313 g/mol. The molecule has 0 N–H and O–H groups in total. The Bertz CT molecular complexity index is 757. The molecular formula is C12H12ClN3O3S. The van der Waals surface area contributed by atoms with Gasteiger partial charge in [0.15, 0.2) is 0 Å². The van der Waals surface area contributed by atoms with Crippen molar-refractivity contribution in [2.24, 2.45) is 7.05 Å². The number of para-hydroxylation sites is 1. The van der Waals surface area contributed by atoms with Crippen molar-refractivity contribution in [3.8, 4) is 5.75 Å². The fourth-order valence-electron chi connectivity index (χ4n) is 2.45. The zero-order valence-electron chi connectivity index (χ0n) is 10.7. The molecule has 0 bridgehead atoms. The molecule has 1 aromatic heterocycles. The highest BCUT2D eigenvalue weighted by atomic mass is 35.7. The van der Waals surface area contributed by atoms with Gasteiger partial charge in [-0.1, -0.05) is 18.2 Å². The van der Waals surface area contributed by atoms with Crippen LogP contribution in [0.1, 0.15) is 23.7 Å². The maximum atomic E-state index is 11.4. The molecule has 20 heavy (non-hydrogen) atoms. The van der Waals surface area contributed by atoms with Gasteiger partial charge in [-0.25, -0.2) is 8.42 Å². The van der Waals surface area contributed by atoms with E-state index in [4.69, 9.17) is 15.4 Å². The van der Waals surface area contributed by atoms with Gasteiger partial charge >= 0.3 is 0 Å². The molecule has 0 saturated carbocycles. The second-order valence-electron chi connectivity index (χ2n) is 4.57. The topological polar surface area (TPSA) is 74.1 Å². The van der Waals surface area contributed by atoms with Gasteiger partial charge in [0.25, 0.3) is 14.2 Å². The molecule has 0 spiro atoms. The van der Waals surface area contributed by atoms with Crippen LogP contribution in [-0.4, -0.2) is 29.8 Å². The first-order chi connectivity index (χ1) is 9.48. The molecule has 2 aromatic rings. The molecule has 0 fully saturated rings. The van der Waals surface area contributed by atoms with Crippen LogP contribution in [-0.2, 0) is 16.1 Å². The molecule has 8 heteroatoms. The normalized spacial score (nSPS) is 18.4. The predicted octanol–water partition coefficient (Wildman–Crippen LogP) is 1.66. The Morgan fingerprint density at radius 3 is 2.80 bits per heavy atom. The summed E-state index contributed by atoms with van der Waals surface area (Å²) in [5.41, 5.74) is 0.979. The van der Waals surface area contributed by atoms with E-state index in [-0.39, 0.29) is 11.1 Å². The predicted molar refractivity (Wildman–Crippen MR) is 72.4 cm³/mol. The number of benzene rings is 1. The van der Waals surface area contributed by atoms with Crippen molar-refractivity contribution < 1.29 is 13.2 Å². The summed E-state index contributed by atoms with van der Waals surface area (Å²) < 4.78 is 29.8. The first kappa shape index (κ1) is 13.4. The van der Waals surface area contributed by atoms with E-state index in [0.29, 0.717) is 18.9 Å². The third-order valence-electron chi connectivity index (χ3n) is 3.36. The Morgan fingerprint density at radius 2 is 2.10 bits per heavy atom. The SMILES string of the molecule is Cn1c(C2CCOc3ccccc32)nnc1S(=O)(=O)Cl. The van der Waals surface area contributed by atoms with Crippen molar-refractivity contribution in [3.63, 3.8) is 0 Å². The number of halogens is 1. The van der Waals surface area contributed by atoms with Crippen molar-refractivity contribution >= 4 is 19.7 Å². The summed E-state index contributed by atoms with van der Waals surface area (Å²) in [5.74, 6) is 1.31. The van der Waals surface area contributed by atoms with Crippen LogP contribution in [0.15, 0.2) is 29.4 Å². The quantitative estimate of drug-likeness (QED) is 0.788. The fourth-order valence-corrected chi connectivity index (χ4v) is 3.41. The van der Waals surface area contributed by atoms with Crippen LogP contribution in [0, 0.1) is 0 Å². The van der Waals surface area contributed by atoms with E-state index in [1.165, 1.54) is 4.57 Å². The van der Waals surface area contributed by atoms with Gasteiger partial charge in [0.2, 0.25) is 0 Å². The van der Waals surface area contributed by atoms with Crippen molar-refractivity contribution in [3.05, 3.63) is 35.7 Å². The lowest BCUT2D eigenvalue weighted by molar-refractivity contribution is 0.273. The molecule has 1 atom stereocenters. The summed E-state index contributed by atoms with van der Waals surface area (Å²) in [5, 5.41) is 7.45. The highest BCUT2D eigenvalue weighted by Crippen LogP contribution is 2.37. The minimum atomic E-state index is -3.90. The highest BCUT2D eigenvalue weighted by molar-refractivity contribution is 8.13. The second kappa shape index (κ2) is 4.75.